The van der Waals surface area contributed by atoms with Crippen LogP contribution in [-0.4, -0.2) is 45.7 Å². The Hall–Kier alpha value is -1.84. The van der Waals surface area contributed by atoms with E-state index in [-0.39, 0.29) is 5.56 Å². The average Bonchev–Trinajstić information content (AvgIpc) is 3.27. The molecule has 3 aromatic heterocycles. The van der Waals surface area contributed by atoms with E-state index in [2.05, 4.69) is 36.6 Å². The van der Waals surface area contributed by atoms with Crippen LogP contribution < -0.4 is 15.8 Å². The molecule has 126 valence electrons. The summed E-state index contributed by atoms with van der Waals surface area (Å²) in [5.41, 5.74) is 0.898. The van der Waals surface area contributed by atoms with Crippen LogP contribution in [0.2, 0.25) is 0 Å². The summed E-state index contributed by atoms with van der Waals surface area (Å²) in [5, 5.41) is 6.06. The van der Waals surface area contributed by atoms with E-state index < -0.39 is 0 Å². The van der Waals surface area contributed by atoms with Crippen LogP contribution in [0.15, 0.2) is 27.5 Å². The molecule has 0 unspecified atom stereocenters. The maximum absolute atomic E-state index is 12.6. The second kappa shape index (κ2) is 6.58. The number of aromatic nitrogens is 4. The lowest BCUT2D eigenvalue weighted by Crippen LogP contribution is -2.44. The number of hydrogen-bond acceptors (Lipinski definition) is 7. The Kier molecular flexibility index (Phi) is 4.30. The molecule has 3 aromatic rings. The van der Waals surface area contributed by atoms with Gasteiger partial charge in [-0.3, -0.25) is 9.36 Å². The molecule has 0 aliphatic carbocycles. The Labute approximate surface area is 147 Å². The molecule has 9 heteroatoms. The van der Waals surface area contributed by atoms with Crippen molar-refractivity contribution >= 4 is 40.2 Å². The van der Waals surface area contributed by atoms with Gasteiger partial charge in [0.15, 0.2) is 16.3 Å². The van der Waals surface area contributed by atoms with Gasteiger partial charge in [-0.1, -0.05) is 17.8 Å². The van der Waals surface area contributed by atoms with Gasteiger partial charge in [0.2, 0.25) is 5.95 Å². The molecule has 1 aliphatic heterocycles. The summed E-state index contributed by atoms with van der Waals surface area (Å²) in [6.45, 7) is 3.59. The SMILES string of the molecule is Cn1c(SCc2cccs2)nc2nc(N3CCNCC3)[nH]c2c1=O. The molecular weight excluding hydrogens is 344 g/mol. The van der Waals surface area contributed by atoms with Gasteiger partial charge >= 0.3 is 0 Å². The van der Waals surface area contributed by atoms with Gasteiger partial charge in [-0.25, -0.2) is 4.98 Å². The molecule has 0 aromatic carbocycles. The quantitative estimate of drug-likeness (QED) is 0.540. The highest BCUT2D eigenvalue weighted by Crippen LogP contribution is 2.24. The molecule has 0 bridgehead atoms. The van der Waals surface area contributed by atoms with E-state index in [4.69, 9.17) is 0 Å². The lowest BCUT2D eigenvalue weighted by Gasteiger charge is -2.26. The van der Waals surface area contributed by atoms with Crippen LogP contribution in [0.25, 0.3) is 11.2 Å². The van der Waals surface area contributed by atoms with E-state index >= 15 is 0 Å². The minimum atomic E-state index is -0.0810. The van der Waals surface area contributed by atoms with Crippen molar-refractivity contribution in [1.29, 1.82) is 0 Å². The molecule has 0 spiro atoms. The number of anilines is 1. The summed E-state index contributed by atoms with van der Waals surface area (Å²) < 4.78 is 1.60. The predicted octanol–water partition coefficient (Wildman–Crippen LogP) is 1.42. The lowest BCUT2D eigenvalue weighted by atomic mass is 10.4. The van der Waals surface area contributed by atoms with E-state index in [1.54, 1.807) is 34.7 Å². The fourth-order valence-electron chi connectivity index (χ4n) is 2.69. The Morgan fingerprint density at radius 1 is 1.33 bits per heavy atom. The van der Waals surface area contributed by atoms with Crippen molar-refractivity contribution in [1.82, 2.24) is 24.8 Å². The van der Waals surface area contributed by atoms with Crippen LogP contribution in [0, 0.1) is 0 Å². The second-order valence-corrected chi connectivity index (χ2v) is 7.60. The molecule has 4 rings (SSSR count). The lowest BCUT2D eigenvalue weighted by molar-refractivity contribution is 0.582. The number of imidazole rings is 1. The van der Waals surface area contributed by atoms with Gasteiger partial charge in [0, 0.05) is 43.9 Å². The summed E-state index contributed by atoms with van der Waals surface area (Å²) in [7, 11) is 1.76. The normalized spacial score (nSPS) is 15.3. The van der Waals surface area contributed by atoms with Crippen molar-refractivity contribution in [3.05, 3.63) is 32.7 Å². The summed E-state index contributed by atoms with van der Waals surface area (Å²) in [5.74, 6) is 1.54. The van der Waals surface area contributed by atoms with Gasteiger partial charge in [-0.15, -0.1) is 11.3 Å². The highest BCUT2D eigenvalue weighted by molar-refractivity contribution is 7.98. The average molecular weight is 362 g/mol. The van der Waals surface area contributed by atoms with Gasteiger partial charge in [0.1, 0.15) is 0 Å². The van der Waals surface area contributed by atoms with Crippen molar-refractivity contribution in [2.75, 3.05) is 31.1 Å². The van der Waals surface area contributed by atoms with Gasteiger partial charge in [0.05, 0.1) is 0 Å². The number of thioether (sulfide) groups is 1. The molecule has 1 aliphatic rings. The molecule has 0 amide bonds. The van der Waals surface area contributed by atoms with Crippen LogP contribution >= 0.6 is 23.1 Å². The van der Waals surface area contributed by atoms with Crippen molar-refractivity contribution < 1.29 is 0 Å². The number of aromatic amines is 1. The van der Waals surface area contributed by atoms with E-state index in [0.717, 1.165) is 37.9 Å². The number of thiophene rings is 1. The second-order valence-electron chi connectivity index (χ2n) is 5.62. The van der Waals surface area contributed by atoms with Crippen LogP contribution in [0.5, 0.6) is 0 Å². The standard InChI is InChI=1S/C15H18N6OS2/c1-20-13(22)11-12(18-14(17-11)21-6-4-16-5-7-21)19-15(20)24-9-10-3-2-8-23-10/h2-3,8,16H,4-7,9H2,1H3,(H,17,18). The summed E-state index contributed by atoms with van der Waals surface area (Å²) in [6.07, 6.45) is 0. The minimum absolute atomic E-state index is 0.0810. The first kappa shape index (κ1) is 15.7. The fourth-order valence-corrected chi connectivity index (χ4v) is 4.42. The van der Waals surface area contributed by atoms with Crippen LogP contribution in [0.3, 0.4) is 0 Å². The van der Waals surface area contributed by atoms with E-state index in [1.165, 1.54) is 4.88 Å². The largest absolute Gasteiger partial charge is 0.340 e. The minimum Gasteiger partial charge on any atom is -0.340 e. The maximum atomic E-state index is 12.6. The van der Waals surface area contributed by atoms with Crippen LogP contribution in [0.1, 0.15) is 4.88 Å². The Morgan fingerprint density at radius 3 is 2.92 bits per heavy atom. The zero-order valence-electron chi connectivity index (χ0n) is 13.3. The van der Waals surface area contributed by atoms with E-state index in [9.17, 15) is 4.79 Å². The number of nitrogens with zero attached hydrogens (tertiary/aromatic N) is 4. The Morgan fingerprint density at radius 2 is 2.17 bits per heavy atom. The number of fused-ring (bicyclic) bond motifs is 1. The zero-order valence-corrected chi connectivity index (χ0v) is 14.9. The molecule has 1 fully saturated rings. The van der Waals surface area contributed by atoms with Crippen LogP contribution in [-0.2, 0) is 12.8 Å². The monoisotopic (exact) mass is 362 g/mol. The topological polar surface area (TPSA) is 78.8 Å². The van der Waals surface area contributed by atoms with Gasteiger partial charge < -0.3 is 15.2 Å². The molecule has 2 N–H and O–H groups in total. The van der Waals surface area contributed by atoms with Crippen LogP contribution in [0.4, 0.5) is 5.95 Å². The molecule has 7 nitrogen and oxygen atoms in total. The molecule has 1 saturated heterocycles. The summed E-state index contributed by atoms with van der Waals surface area (Å²) in [4.78, 5) is 28.3. The molecule has 0 saturated carbocycles. The highest BCUT2D eigenvalue weighted by atomic mass is 32.2. The van der Waals surface area contributed by atoms with Gasteiger partial charge in [0.25, 0.3) is 5.56 Å². The number of nitrogens with one attached hydrogen (secondary N) is 2. The molecular formula is C15H18N6OS2. The van der Waals surface area contributed by atoms with Gasteiger partial charge in [-0.2, -0.15) is 4.98 Å². The molecule has 24 heavy (non-hydrogen) atoms. The number of hydrogen-bond donors (Lipinski definition) is 2. The Bertz CT molecular complexity index is 895. The number of H-pyrrole nitrogens is 1. The third-order valence-electron chi connectivity index (χ3n) is 4.02. The maximum Gasteiger partial charge on any atom is 0.280 e. The van der Waals surface area contributed by atoms with Crippen molar-refractivity contribution in [3.8, 4) is 0 Å². The predicted molar refractivity (Wildman–Crippen MR) is 98.1 cm³/mol. The Balaban J connectivity index is 1.66. The first-order valence-electron chi connectivity index (χ1n) is 7.80. The summed E-state index contributed by atoms with van der Waals surface area (Å²) in [6, 6.07) is 4.12. The van der Waals surface area contributed by atoms with Crippen molar-refractivity contribution in [3.63, 3.8) is 0 Å². The number of rotatable bonds is 4. The van der Waals surface area contributed by atoms with Crippen molar-refractivity contribution in [2.24, 2.45) is 7.05 Å². The summed E-state index contributed by atoms with van der Waals surface area (Å²) >= 11 is 3.27. The smallest absolute Gasteiger partial charge is 0.280 e. The van der Waals surface area contributed by atoms with Crippen molar-refractivity contribution in [2.45, 2.75) is 10.9 Å². The van der Waals surface area contributed by atoms with E-state index in [1.807, 2.05) is 6.07 Å². The van der Waals surface area contributed by atoms with E-state index in [0.29, 0.717) is 16.3 Å². The molecule has 0 radical (unpaired) electrons. The third-order valence-corrected chi connectivity index (χ3v) is 6.16. The first-order valence-corrected chi connectivity index (χ1v) is 9.66. The third kappa shape index (κ3) is 2.94. The first-order chi connectivity index (χ1) is 11.7. The zero-order chi connectivity index (χ0) is 16.5. The number of piperazine rings is 1. The van der Waals surface area contributed by atoms with Gasteiger partial charge in [-0.05, 0) is 11.4 Å². The molecule has 4 heterocycles. The molecule has 0 atom stereocenters. The fraction of sp³-hybridized carbons (Fsp3) is 0.400. The highest BCUT2D eigenvalue weighted by Gasteiger charge is 2.18.